The summed E-state index contributed by atoms with van der Waals surface area (Å²) in [5.74, 6) is 0.103. The highest BCUT2D eigenvalue weighted by Crippen LogP contribution is 2.34. The standard InChI is InChI=1S/C19H27NO3/c1-14-6-3-8-17(15(14)2)18-9-4-10-20(18)19(21)13-22-12-16-7-5-11-23-16/h3,6,8,16,18H,4-5,7,9-13H2,1-2H3/t16-,18-/m0/s1. The molecule has 0 unspecified atom stereocenters. The third-order valence-electron chi connectivity index (χ3n) is 5.13. The first-order valence-electron chi connectivity index (χ1n) is 8.71. The fraction of sp³-hybridized carbons (Fsp3) is 0.632. The van der Waals surface area contributed by atoms with Crippen molar-refractivity contribution < 1.29 is 14.3 Å². The Balaban J connectivity index is 1.59. The van der Waals surface area contributed by atoms with Crippen LogP contribution in [0.25, 0.3) is 0 Å². The van der Waals surface area contributed by atoms with Crippen molar-refractivity contribution in [1.82, 2.24) is 4.90 Å². The van der Waals surface area contributed by atoms with Crippen molar-refractivity contribution in [2.24, 2.45) is 0 Å². The zero-order valence-electron chi connectivity index (χ0n) is 14.2. The van der Waals surface area contributed by atoms with Crippen LogP contribution in [0.15, 0.2) is 18.2 Å². The number of nitrogens with zero attached hydrogens (tertiary/aromatic N) is 1. The quantitative estimate of drug-likeness (QED) is 0.837. The van der Waals surface area contributed by atoms with E-state index in [2.05, 4.69) is 32.0 Å². The molecule has 23 heavy (non-hydrogen) atoms. The van der Waals surface area contributed by atoms with Crippen LogP contribution in [0.1, 0.15) is 48.4 Å². The van der Waals surface area contributed by atoms with Crippen LogP contribution in [0.3, 0.4) is 0 Å². The Bertz CT molecular complexity index is 552. The van der Waals surface area contributed by atoms with Gasteiger partial charge in [-0.3, -0.25) is 4.79 Å². The summed E-state index contributed by atoms with van der Waals surface area (Å²) in [6.07, 6.45) is 4.43. The molecule has 2 fully saturated rings. The van der Waals surface area contributed by atoms with Gasteiger partial charge in [0.25, 0.3) is 0 Å². The third kappa shape index (κ3) is 3.75. The highest BCUT2D eigenvalue weighted by atomic mass is 16.5. The molecular formula is C19H27NO3. The van der Waals surface area contributed by atoms with Gasteiger partial charge in [0.15, 0.2) is 0 Å². The molecule has 3 rings (SSSR count). The molecule has 4 heteroatoms. The number of likely N-dealkylation sites (tertiary alicyclic amines) is 1. The lowest BCUT2D eigenvalue weighted by molar-refractivity contribution is -0.138. The van der Waals surface area contributed by atoms with Crippen LogP contribution in [0.2, 0.25) is 0 Å². The van der Waals surface area contributed by atoms with E-state index in [0.717, 1.165) is 38.8 Å². The maximum absolute atomic E-state index is 12.6. The highest BCUT2D eigenvalue weighted by Gasteiger charge is 2.31. The maximum atomic E-state index is 12.6. The molecule has 0 radical (unpaired) electrons. The Morgan fingerprint density at radius 3 is 2.96 bits per heavy atom. The van der Waals surface area contributed by atoms with Crippen molar-refractivity contribution in [3.05, 3.63) is 34.9 Å². The van der Waals surface area contributed by atoms with E-state index in [9.17, 15) is 4.79 Å². The minimum absolute atomic E-state index is 0.103. The van der Waals surface area contributed by atoms with Crippen molar-refractivity contribution in [2.45, 2.75) is 51.7 Å². The van der Waals surface area contributed by atoms with Crippen LogP contribution in [0, 0.1) is 13.8 Å². The van der Waals surface area contributed by atoms with Gasteiger partial charge in [-0.1, -0.05) is 18.2 Å². The second-order valence-electron chi connectivity index (χ2n) is 6.68. The van der Waals surface area contributed by atoms with Gasteiger partial charge in [0.2, 0.25) is 5.91 Å². The van der Waals surface area contributed by atoms with E-state index in [1.807, 2.05) is 4.90 Å². The Labute approximate surface area is 138 Å². The third-order valence-corrected chi connectivity index (χ3v) is 5.13. The van der Waals surface area contributed by atoms with Gasteiger partial charge in [0.1, 0.15) is 6.61 Å². The number of amides is 1. The molecule has 0 saturated carbocycles. The average molecular weight is 317 g/mol. The van der Waals surface area contributed by atoms with E-state index >= 15 is 0 Å². The van der Waals surface area contributed by atoms with Crippen LogP contribution < -0.4 is 0 Å². The van der Waals surface area contributed by atoms with Crippen LogP contribution in [0.4, 0.5) is 0 Å². The minimum Gasteiger partial charge on any atom is -0.376 e. The zero-order chi connectivity index (χ0) is 16.2. The van der Waals surface area contributed by atoms with Gasteiger partial charge in [-0.15, -0.1) is 0 Å². The molecule has 2 heterocycles. The van der Waals surface area contributed by atoms with Crippen molar-refractivity contribution in [2.75, 3.05) is 26.4 Å². The zero-order valence-corrected chi connectivity index (χ0v) is 14.2. The van der Waals surface area contributed by atoms with Crippen molar-refractivity contribution >= 4 is 5.91 Å². The SMILES string of the molecule is Cc1cccc([C@@H]2CCCN2C(=O)COC[C@@H]2CCCO2)c1C. The number of benzene rings is 1. The second kappa shape index (κ2) is 7.45. The largest absolute Gasteiger partial charge is 0.376 e. The molecule has 4 nitrogen and oxygen atoms in total. The monoisotopic (exact) mass is 317 g/mol. The first-order chi connectivity index (χ1) is 11.2. The van der Waals surface area contributed by atoms with Gasteiger partial charge in [-0.05, 0) is 56.2 Å². The van der Waals surface area contributed by atoms with Crippen molar-refractivity contribution in [3.8, 4) is 0 Å². The predicted octanol–water partition coefficient (Wildman–Crippen LogP) is 3.16. The van der Waals surface area contributed by atoms with E-state index in [1.54, 1.807) is 0 Å². The topological polar surface area (TPSA) is 38.8 Å². The summed E-state index contributed by atoms with van der Waals surface area (Å²) in [7, 11) is 0. The molecule has 2 atom stereocenters. The first-order valence-corrected chi connectivity index (χ1v) is 8.71. The van der Waals surface area contributed by atoms with E-state index in [1.165, 1.54) is 16.7 Å². The van der Waals surface area contributed by atoms with Crippen molar-refractivity contribution in [3.63, 3.8) is 0 Å². The van der Waals surface area contributed by atoms with Crippen LogP contribution >= 0.6 is 0 Å². The smallest absolute Gasteiger partial charge is 0.249 e. The number of carbonyl (C=O) groups is 1. The Hall–Kier alpha value is -1.39. The molecule has 0 aromatic heterocycles. The molecule has 1 aromatic rings. The number of rotatable bonds is 5. The fourth-order valence-electron chi connectivity index (χ4n) is 3.66. The van der Waals surface area contributed by atoms with Gasteiger partial charge < -0.3 is 14.4 Å². The average Bonchev–Trinajstić information content (AvgIpc) is 3.21. The normalized spacial score (nSPS) is 24.3. The number of carbonyl (C=O) groups excluding carboxylic acids is 1. The molecule has 1 amide bonds. The lowest BCUT2D eigenvalue weighted by Gasteiger charge is -2.27. The molecular weight excluding hydrogens is 290 g/mol. The molecule has 2 saturated heterocycles. The lowest BCUT2D eigenvalue weighted by atomic mass is 9.96. The Morgan fingerprint density at radius 2 is 2.17 bits per heavy atom. The van der Waals surface area contributed by atoms with E-state index in [0.29, 0.717) is 6.61 Å². The van der Waals surface area contributed by atoms with E-state index < -0.39 is 0 Å². The molecule has 0 bridgehead atoms. The van der Waals surface area contributed by atoms with Crippen molar-refractivity contribution in [1.29, 1.82) is 0 Å². The van der Waals surface area contributed by atoms with Crippen LogP contribution in [-0.4, -0.2) is 43.3 Å². The molecule has 0 aliphatic carbocycles. The van der Waals surface area contributed by atoms with Gasteiger partial charge in [-0.2, -0.15) is 0 Å². The van der Waals surface area contributed by atoms with E-state index in [4.69, 9.17) is 9.47 Å². The number of hydrogen-bond acceptors (Lipinski definition) is 3. The van der Waals surface area contributed by atoms with E-state index in [-0.39, 0.29) is 24.7 Å². The number of ether oxygens (including phenoxy) is 2. The van der Waals surface area contributed by atoms with Gasteiger partial charge in [0, 0.05) is 13.2 Å². The second-order valence-corrected chi connectivity index (χ2v) is 6.68. The summed E-state index contributed by atoms with van der Waals surface area (Å²) in [6.45, 7) is 6.64. The molecule has 0 N–H and O–H groups in total. The Kier molecular flexibility index (Phi) is 5.34. The minimum atomic E-state index is 0.103. The number of hydrogen-bond donors (Lipinski definition) is 0. The lowest BCUT2D eigenvalue weighted by Crippen LogP contribution is -2.34. The van der Waals surface area contributed by atoms with Crippen LogP contribution in [0.5, 0.6) is 0 Å². The number of aryl methyl sites for hydroxylation is 1. The summed E-state index contributed by atoms with van der Waals surface area (Å²) < 4.78 is 11.1. The molecule has 0 spiro atoms. The summed E-state index contributed by atoms with van der Waals surface area (Å²) >= 11 is 0. The summed E-state index contributed by atoms with van der Waals surface area (Å²) in [4.78, 5) is 14.6. The maximum Gasteiger partial charge on any atom is 0.249 e. The fourth-order valence-corrected chi connectivity index (χ4v) is 3.66. The van der Waals surface area contributed by atoms with Gasteiger partial charge >= 0.3 is 0 Å². The van der Waals surface area contributed by atoms with Gasteiger partial charge in [0.05, 0.1) is 18.8 Å². The first kappa shape index (κ1) is 16.5. The molecule has 126 valence electrons. The predicted molar refractivity (Wildman–Crippen MR) is 89.4 cm³/mol. The molecule has 2 aliphatic rings. The van der Waals surface area contributed by atoms with Crippen LogP contribution in [-0.2, 0) is 14.3 Å². The summed E-state index contributed by atoms with van der Waals surface area (Å²) in [6, 6.07) is 6.58. The summed E-state index contributed by atoms with van der Waals surface area (Å²) in [5, 5.41) is 0. The summed E-state index contributed by atoms with van der Waals surface area (Å²) in [5.41, 5.74) is 3.88. The Morgan fingerprint density at radius 1 is 1.30 bits per heavy atom. The van der Waals surface area contributed by atoms with Gasteiger partial charge in [-0.25, -0.2) is 0 Å². The molecule has 2 aliphatic heterocycles. The molecule has 1 aromatic carbocycles. The highest BCUT2D eigenvalue weighted by molar-refractivity contribution is 5.78.